The van der Waals surface area contributed by atoms with E-state index in [4.69, 9.17) is 0 Å². The molecule has 1 rings (SSSR count). The van der Waals surface area contributed by atoms with Crippen molar-refractivity contribution in [1.82, 2.24) is 0 Å². The average Bonchev–Trinajstić information content (AvgIpc) is 2.14. The maximum atomic E-state index is 3.63. The zero-order valence-corrected chi connectivity index (χ0v) is 6.63. The molecule has 1 aromatic rings. The lowest BCUT2D eigenvalue weighted by Gasteiger charge is -1.72. The molecule has 0 amide bonds. The van der Waals surface area contributed by atoms with Gasteiger partial charge in [-0.1, -0.05) is 12.7 Å². The lowest BCUT2D eigenvalue weighted by Crippen LogP contribution is -1.48. The highest BCUT2D eigenvalue weighted by Gasteiger charge is 1.88. The predicted molar refractivity (Wildman–Crippen MR) is 42.1 cm³/mol. The van der Waals surface area contributed by atoms with Crippen LogP contribution < -0.4 is 0 Å². The van der Waals surface area contributed by atoms with Crippen LogP contribution in [0.5, 0.6) is 0 Å². The predicted octanol–water partition coefficient (Wildman–Crippen LogP) is 3.15. The molecule has 0 aliphatic heterocycles. The second-order valence-electron chi connectivity index (χ2n) is 1.37. The second-order valence-corrected chi connectivity index (χ2v) is 3.23. The maximum Gasteiger partial charge on any atom is 0.0288 e. The molecule has 0 saturated carbocycles. The molecule has 0 saturated heterocycles. The molecule has 2 heteroatoms. The van der Waals surface area contributed by atoms with E-state index in [1.165, 1.54) is 4.88 Å². The van der Waals surface area contributed by atoms with E-state index in [1.54, 1.807) is 11.3 Å². The molecule has 8 heavy (non-hydrogen) atoms. The van der Waals surface area contributed by atoms with Gasteiger partial charge < -0.3 is 0 Å². The van der Waals surface area contributed by atoms with Gasteiger partial charge in [-0.2, -0.15) is 0 Å². The average molecular weight is 189 g/mol. The van der Waals surface area contributed by atoms with E-state index in [2.05, 4.69) is 22.5 Å². The minimum Gasteiger partial charge on any atom is -0.143 e. The van der Waals surface area contributed by atoms with E-state index in [9.17, 15) is 0 Å². The standard InChI is InChI=1S/C6H5BrS/c1-2-6-3-5(7)4-8-6/h2-4H,1H2. The van der Waals surface area contributed by atoms with Crippen molar-refractivity contribution in [3.05, 3.63) is 27.4 Å². The first-order chi connectivity index (χ1) is 3.83. The van der Waals surface area contributed by atoms with Crippen molar-refractivity contribution in [3.8, 4) is 0 Å². The number of halogens is 1. The van der Waals surface area contributed by atoms with Crippen LogP contribution in [0.15, 0.2) is 22.5 Å². The van der Waals surface area contributed by atoms with Crippen LogP contribution in [0.4, 0.5) is 0 Å². The zero-order chi connectivity index (χ0) is 5.98. The van der Waals surface area contributed by atoms with E-state index in [-0.39, 0.29) is 0 Å². The summed E-state index contributed by atoms with van der Waals surface area (Å²) in [5, 5.41) is 2.04. The summed E-state index contributed by atoms with van der Waals surface area (Å²) in [6.07, 6.45) is 1.84. The van der Waals surface area contributed by atoms with E-state index in [1.807, 2.05) is 17.5 Å². The summed E-state index contributed by atoms with van der Waals surface area (Å²) in [5.74, 6) is 0. The first-order valence-corrected chi connectivity index (χ1v) is 3.86. The molecule has 0 aliphatic rings. The Balaban J connectivity index is 3.00. The van der Waals surface area contributed by atoms with Gasteiger partial charge in [0.15, 0.2) is 0 Å². The molecule has 0 unspecified atom stereocenters. The van der Waals surface area contributed by atoms with Crippen LogP contribution in [-0.4, -0.2) is 0 Å². The molecule has 0 N–H and O–H groups in total. The van der Waals surface area contributed by atoms with Gasteiger partial charge in [-0.3, -0.25) is 0 Å². The van der Waals surface area contributed by atoms with Crippen molar-refractivity contribution in [2.24, 2.45) is 0 Å². The molecule has 1 heterocycles. The second kappa shape index (κ2) is 2.46. The summed E-state index contributed by atoms with van der Waals surface area (Å²) in [5.41, 5.74) is 0. The molecule has 0 atom stereocenters. The van der Waals surface area contributed by atoms with Crippen LogP contribution in [-0.2, 0) is 0 Å². The Morgan fingerprint density at radius 2 is 2.50 bits per heavy atom. The zero-order valence-electron chi connectivity index (χ0n) is 4.23. The highest BCUT2D eigenvalue weighted by Crippen LogP contribution is 2.19. The fourth-order valence-corrected chi connectivity index (χ4v) is 1.72. The number of hydrogen-bond donors (Lipinski definition) is 0. The molecule has 0 nitrogen and oxygen atoms in total. The topological polar surface area (TPSA) is 0 Å². The van der Waals surface area contributed by atoms with Crippen LogP contribution in [0.2, 0.25) is 0 Å². The number of hydrogen-bond acceptors (Lipinski definition) is 1. The fourth-order valence-electron chi connectivity index (χ4n) is 0.435. The van der Waals surface area contributed by atoms with Gasteiger partial charge in [0.05, 0.1) is 0 Å². The van der Waals surface area contributed by atoms with Crippen molar-refractivity contribution in [1.29, 1.82) is 0 Å². The Hall–Kier alpha value is -0.0800. The quantitative estimate of drug-likeness (QED) is 0.636. The van der Waals surface area contributed by atoms with Gasteiger partial charge in [0, 0.05) is 14.7 Å². The summed E-state index contributed by atoms with van der Waals surface area (Å²) in [7, 11) is 0. The Morgan fingerprint density at radius 1 is 1.75 bits per heavy atom. The van der Waals surface area contributed by atoms with E-state index in [0.717, 1.165) is 4.47 Å². The summed E-state index contributed by atoms with van der Waals surface area (Å²) in [6.45, 7) is 3.63. The van der Waals surface area contributed by atoms with Gasteiger partial charge in [-0.15, -0.1) is 11.3 Å². The van der Waals surface area contributed by atoms with Crippen molar-refractivity contribution >= 4 is 33.3 Å². The lowest BCUT2D eigenvalue weighted by atomic mass is 10.5. The van der Waals surface area contributed by atoms with Crippen LogP contribution in [0.1, 0.15) is 4.88 Å². The highest BCUT2D eigenvalue weighted by atomic mass is 79.9. The van der Waals surface area contributed by atoms with Crippen molar-refractivity contribution in [2.45, 2.75) is 0 Å². The third kappa shape index (κ3) is 1.20. The summed E-state index contributed by atoms with van der Waals surface area (Å²) in [4.78, 5) is 1.21. The largest absolute Gasteiger partial charge is 0.143 e. The van der Waals surface area contributed by atoms with Gasteiger partial charge in [0.1, 0.15) is 0 Å². The molecular formula is C6H5BrS. The van der Waals surface area contributed by atoms with E-state index >= 15 is 0 Å². The molecule has 0 spiro atoms. The number of thiophene rings is 1. The minimum absolute atomic E-state index is 1.14. The van der Waals surface area contributed by atoms with Crippen molar-refractivity contribution in [2.75, 3.05) is 0 Å². The smallest absolute Gasteiger partial charge is 0.0288 e. The summed E-state index contributed by atoms with van der Waals surface area (Å²) in [6, 6.07) is 2.04. The van der Waals surface area contributed by atoms with Crippen molar-refractivity contribution < 1.29 is 0 Å². The van der Waals surface area contributed by atoms with Crippen LogP contribution in [0.25, 0.3) is 6.08 Å². The summed E-state index contributed by atoms with van der Waals surface area (Å²) < 4.78 is 1.14. The Morgan fingerprint density at radius 3 is 2.75 bits per heavy atom. The molecule has 0 radical (unpaired) electrons. The van der Waals surface area contributed by atoms with Gasteiger partial charge in [0.25, 0.3) is 0 Å². The molecule has 42 valence electrons. The normalized spacial score (nSPS) is 9.12. The molecular weight excluding hydrogens is 184 g/mol. The van der Waals surface area contributed by atoms with Gasteiger partial charge in [-0.25, -0.2) is 0 Å². The molecule has 0 aromatic carbocycles. The van der Waals surface area contributed by atoms with E-state index < -0.39 is 0 Å². The molecule has 1 aromatic heterocycles. The Kier molecular flexibility index (Phi) is 1.86. The van der Waals surface area contributed by atoms with Crippen LogP contribution >= 0.6 is 27.3 Å². The SMILES string of the molecule is C=Cc1cc(Br)cs1. The monoisotopic (exact) mass is 188 g/mol. The minimum atomic E-state index is 1.14. The molecule has 0 aliphatic carbocycles. The van der Waals surface area contributed by atoms with Crippen LogP contribution in [0.3, 0.4) is 0 Å². The van der Waals surface area contributed by atoms with Gasteiger partial charge >= 0.3 is 0 Å². The third-order valence-electron chi connectivity index (χ3n) is 0.789. The first-order valence-electron chi connectivity index (χ1n) is 2.19. The first kappa shape index (κ1) is 6.05. The van der Waals surface area contributed by atoms with E-state index in [0.29, 0.717) is 0 Å². The van der Waals surface area contributed by atoms with Gasteiger partial charge in [-0.05, 0) is 22.0 Å². The lowest BCUT2D eigenvalue weighted by molar-refractivity contribution is 1.86. The van der Waals surface area contributed by atoms with Crippen molar-refractivity contribution in [3.63, 3.8) is 0 Å². The summed E-state index contributed by atoms with van der Waals surface area (Å²) >= 11 is 5.02. The Bertz CT molecular complexity index is 190. The third-order valence-corrected chi connectivity index (χ3v) is 2.48. The molecule has 0 bridgehead atoms. The van der Waals surface area contributed by atoms with Crippen LogP contribution in [0, 0.1) is 0 Å². The Labute approximate surface area is 61.0 Å². The highest BCUT2D eigenvalue weighted by molar-refractivity contribution is 9.10. The number of rotatable bonds is 1. The molecule has 0 fully saturated rings. The maximum absolute atomic E-state index is 3.63. The fraction of sp³-hybridized carbons (Fsp3) is 0. The van der Waals surface area contributed by atoms with Gasteiger partial charge in [0.2, 0.25) is 0 Å².